The van der Waals surface area contributed by atoms with Crippen molar-refractivity contribution in [1.82, 2.24) is 4.90 Å². The van der Waals surface area contributed by atoms with Gasteiger partial charge in [-0.1, -0.05) is 70.2 Å². The number of Topliss-reactive ketones (excluding diaryl/α,β-unsaturated/α-hetero) is 2. The van der Waals surface area contributed by atoms with Crippen LogP contribution in [0.5, 0.6) is 11.5 Å². The molecule has 8 heteroatoms. The number of rotatable bonds is 7. The van der Waals surface area contributed by atoms with E-state index in [-0.39, 0.29) is 28.9 Å². The zero-order valence-electron chi connectivity index (χ0n) is 26.3. The predicted octanol–water partition coefficient (Wildman–Crippen LogP) is 7.96. The lowest BCUT2D eigenvalue weighted by atomic mass is 9.63. The fraction of sp³-hybridized carbons (Fsp3) is 0.378. The number of ketones is 2. The second kappa shape index (κ2) is 11.5. The normalized spacial score (nSPS) is 19.5. The molecule has 45 heavy (non-hydrogen) atoms. The number of halogens is 1. The molecule has 0 unspecified atom stereocenters. The second-order valence-corrected chi connectivity index (χ2v) is 14.8. The zero-order chi connectivity index (χ0) is 32.3. The molecule has 2 aliphatic carbocycles. The van der Waals surface area contributed by atoms with Crippen LogP contribution in [0.4, 0.5) is 0 Å². The summed E-state index contributed by atoms with van der Waals surface area (Å²) in [6.07, 6.45) is 1.70. The maximum Gasteiger partial charge on any atom is 0.323 e. The summed E-state index contributed by atoms with van der Waals surface area (Å²) in [6, 6.07) is 18.0. The number of allylic oxidation sites excluding steroid dienone is 4. The largest absolute Gasteiger partial charge is 0.493 e. The van der Waals surface area contributed by atoms with Crippen molar-refractivity contribution in [1.29, 1.82) is 0 Å². The van der Waals surface area contributed by atoms with E-state index in [1.54, 1.807) is 12.0 Å². The number of nitrogens with zero attached hydrogens (tertiary/aromatic N) is 1. The Kier molecular flexibility index (Phi) is 7.92. The summed E-state index contributed by atoms with van der Waals surface area (Å²) in [6.45, 7) is 8.14. The molecule has 1 heterocycles. The van der Waals surface area contributed by atoms with E-state index >= 15 is 0 Å². The lowest BCUT2D eigenvalue weighted by Crippen LogP contribution is -2.45. The van der Waals surface area contributed by atoms with E-state index in [1.807, 2.05) is 64.1 Å². The summed E-state index contributed by atoms with van der Waals surface area (Å²) >= 11 is 3.72. The van der Waals surface area contributed by atoms with Gasteiger partial charge in [0, 0.05) is 41.3 Å². The Balaban J connectivity index is 1.48. The number of hydrogen-bond acceptors (Lipinski definition) is 6. The number of carboxylic acid groups (broad SMARTS) is 1. The van der Waals surface area contributed by atoms with Gasteiger partial charge in [-0.3, -0.25) is 14.4 Å². The molecule has 1 N–H and O–H groups in total. The van der Waals surface area contributed by atoms with Crippen molar-refractivity contribution in [2.45, 2.75) is 65.9 Å². The van der Waals surface area contributed by atoms with E-state index in [0.29, 0.717) is 70.8 Å². The highest BCUT2D eigenvalue weighted by atomic mass is 79.9. The first-order chi connectivity index (χ1) is 21.3. The molecule has 7 nitrogen and oxygen atoms in total. The molecule has 1 aliphatic heterocycles. The molecule has 0 spiro atoms. The van der Waals surface area contributed by atoms with E-state index in [4.69, 9.17) is 9.47 Å². The van der Waals surface area contributed by atoms with Gasteiger partial charge in [-0.05, 0) is 73.6 Å². The fourth-order valence-electron chi connectivity index (χ4n) is 7.32. The van der Waals surface area contributed by atoms with Crippen molar-refractivity contribution in [2.24, 2.45) is 10.8 Å². The second-order valence-electron chi connectivity index (χ2n) is 14.0. The van der Waals surface area contributed by atoms with Crippen molar-refractivity contribution in [3.8, 4) is 11.5 Å². The van der Waals surface area contributed by atoms with Gasteiger partial charge in [-0.15, -0.1) is 0 Å². The van der Waals surface area contributed by atoms with E-state index in [1.165, 1.54) is 0 Å². The lowest BCUT2D eigenvalue weighted by molar-refractivity contribution is -0.138. The molecule has 0 bridgehead atoms. The van der Waals surface area contributed by atoms with Crippen molar-refractivity contribution < 1.29 is 29.0 Å². The van der Waals surface area contributed by atoms with Crippen LogP contribution in [0.15, 0.2) is 81.6 Å². The molecular weight excluding hydrogens is 634 g/mol. The van der Waals surface area contributed by atoms with Crippen molar-refractivity contribution in [3.63, 3.8) is 0 Å². The summed E-state index contributed by atoms with van der Waals surface area (Å²) < 4.78 is 12.9. The van der Waals surface area contributed by atoms with E-state index in [9.17, 15) is 19.5 Å². The fourth-order valence-corrected chi connectivity index (χ4v) is 7.90. The molecule has 6 rings (SSSR count). The first-order valence-corrected chi connectivity index (χ1v) is 16.1. The minimum Gasteiger partial charge on any atom is -0.493 e. The smallest absolute Gasteiger partial charge is 0.323 e. The average molecular weight is 673 g/mol. The van der Waals surface area contributed by atoms with Crippen LogP contribution in [0, 0.1) is 10.8 Å². The zero-order valence-corrected chi connectivity index (χ0v) is 27.9. The minimum absolute atomic E-state index is 0.0582. The van der Waals surface area contributed by atoms with Crippen LogP contribution in [-0.4, -0.2) is 41.2 Å². The SMILES string of the molecule is COc1cc(C2C3=C(CC(C)(C)CC3=O)N(CC(=O)O)C3=C2C(=O)CC(C)(C)C3)cc(Br)c1OCc1cccc2ccccc12. The van der Waals surface area contributed by atoms with Crippen LogP contribution in [0.1, 0.15) is 70.4 Å². The Bertz CT molecular complexity index is 1760. The molecule has 0 saturated carbocycles. The van der Waals surface area contributed by atoms with Crippen molar-refractivity contribution in [3.05, 3.63) is 92.7 Å². The first-order valence-electron chi connectivity index (χ1n) is 15.3. The van der Waals surface area contributed by atoms with Gasteiger partial charge in [-0.25, -0.2) is 0 Å². The third-order valence-electron chi connectivity index (χ3n) is 9.15. The molecule has 0 radical (unpaired) electrons. The highest BCUT2D eigenvalue weighted by Gasteiger charge is 2.49. The number of benzene rings is 3. The molecule has 0 aromatic heterocycles. The van der Waals surface area contributed by atoms with Crippen LogP contribution in [0.3, 0.4) is 0 Å². The number of ether oxygens (including phenoxy) is 2. The molecule has 0 atom stereocenters. The molecule has 0 amide bonds. The van der Waals surface area contributed by atoms with Crippen molar-refractivity contribution in [2.75, 3.05) is 13.7 Å². The topological polar surface area (TPSA) is 93.1 Å². The Morgan fingerprint density at radius 3 is 2.11 bits per heavy atom. The van der Waals surface area contributed by atoms with Crippen LogP contribution in [-0.2, 0) is 21.0 Å². The number of aliphatic carboxylic acids is 1. The monoisotopic (exact) mass is 671 g/mol. The van der Waals surface area contributed by atoms with Gasteiger partial charge in [0.05, 0.1) is 11.6 Å². The number of fused-ring (bicyclic) bond motifs is 1. The molecule has 0 fully saturated rings. The van der Waals surface area contributed by atoms with Crippen LogP contribution in [0.2, 0.25) is 0 Å². The third kappa shape index (κ3) is 5.81. The van der Waals surface area contributed by atoms with Crippen LogP contribution in [0.25, 0.3) is 10.8 Å². The number of carbonyl (C=O) groups excluding carboxylic acids is 2. The van der Waals surface area contributed by atoms with Gasteiger partial charge < -0.3 is 19.5 Å². The Morgan fingerprint density at radius 2 is 1.51 bits per heavy atom. The lowest BCUT2D eigenvalue weighted by Gasteiger charge is -2.48. The Hall–Kier alpha value is -3.91. The van der Waals surface area contributed by atoms with Gasteiger partial charge in [0.2, 0.25) is 0 Å². The molecular formula is C37H38BrNO6. The highest BCUT2D eigenvalue weighted by Crippen LogP contribution is 2.55. The maximum absolute atomic E-state index is 14.0. The van der Waals surface area contributed by atoms with Crippen molar-refractivity contribution >= 4 is 44.2 Å². The number of methoxy groups -OCH3 is 1. The standard InChI is InChI=1S/C37H38BrNO6/c1-36(2)15-26-33(28(40)17-36)32(34-27(39(26)19-31(42)43)16-37(3,4)18-29(34)41)23-13-25(38)35(30(14-23)44-5)45-20-22-11-8-10-21-9-6-7-12-24(21)22/h6-14,32H,15-20H2,1-5H3,(H,42,43). The number of carboxylic acids is 1. The summed E-state index contributed by atoms with van der Waals surface area (Å²) in [5, 5.41) is 12.2. The summed E-state index contributed by atoms with van der Waals surface area (Å²) in [4.78, 5) is 41.9. The van der Waals surface area contributed by atoms with E-state index < -0.39 is 11.9 Å². The van der Waals surface area contributed by atoms with E-state index in [0.717, 1.165) is 21.9 Å². The number of hydrogen-bond donors (Lipinski definition) is 1. The summed E-state index contributed by atoms with van der Waals surface area (Å²) in [7, 11) is 1.57. The summed E-state index contributed by atoms with van der Waals surface area (Å²) in [5.41, 5.74) is 3.52. The van der Waals surface area contributed by atoms with Gasteiger partial charge in [-0.2, -0.15) is 0 Å². The van der Waals surface area contributed by atoms with Crippen LogP contribution < -0.4 is 9.47 Å². The molecule has 234 valence electrons. The number of carbonyl (C=O) groups is 3. The molecule has 3 aromatic carbocycles. The third-order valence-corrected chi connectivity index (χ3v) is 9.74. The van der Waals surface area contributed by atoms with Crippen LogP contribution >= 0.6 is 15.9 Å². The van der Waals surface area contributed by atoms with Gasteiger partial charge in [0.15, 0.2) is 23.1 Å². The minimum atomic E-state index is -1.00. The molecule has 3 aliphatic rings. The van der Waals surface area contributed by atoms with Gasteiger partial charge in [0.1, 0.15) is 13.2 Å². The quantitative estimate of drug-likeness (QED) is 0.272. The Labute approximate surface area is 272 Å². The first kappa shape index (κ1) is 31.1. The molecule has 3 aromatic rings. The highest BCUT2D eigenvalue weighted by molar-refractivity contribution is 9.10. The van der Waals surface area contributed by atoms with Gasteiger partial charge >= 0.3 is 5.97 Å². The predicted molar refractivity (Wildman–Crippen MR) is 176 cm³/mol. The van der Waals surface area contributed by atoms with E-state index in [2.05, 4.69) is 34.1 Å². The average Bonchev–Trinajstić information content (AvgIpc) is 2.95. The summed E-state index contributed by atoms with van der Waals surface area (Å²) in [5.74, 6) is -0.757. The molecule has 0 saturated heterocycles. The van der Waals surface area contributed by atoms with Gasteiger partial charge in [0.25, 0.3) is 0 Å². The Morgan fingerprint density at radius 1 is 0.911 bits per heavy atom. The maximum atomic E-state index is 14.0.